The van der Waals surface area contributed by atoms with Crippen LogP contribution in [-0.2, 0) is 0 Å². The van der Waals surface area contributed by atoms with Crippen molar-refractivity contribution in [1.29, 1.82) is 0 Å². The molecule has 1 fully saturated rings. The molecule has 0 aromatic heterocycles. The van der Waals surface area contributed by atoms with Crippen molar-refractivity contribution < 1.29 is 4.92 Å². The van der Waals surface area contributed by atoms with Crippen LogP contribution in [0.1, 0.15) is 38.5 Å². The smallest absolute Gasteiger partial charge is 0.270 e. The van der Waals surface area contributed by atoms with Gasteiger partial charge in [-0.2, -0.15) is 0 Å². The molecule has 0 bridgehead atoms. The van der Waals surface area contributed by atoms with Crippen LogP contribution in [0.15, 0.2) is 18.2 Å². The summed E-state index contributed by atoms with van der Waals surface area (Å²) in [6, 6.07) is 4.98. The van der Waals surface area contributed by atoms with Crippen molar-refractivity contribution in [1.82, 2.24) is 0 Å². The van der Waals surface area contributed by atoms with E-state index in [-0.39, 0.29) is 10.6 Å². The molecule has 0 aliphatic heterocycles. The minimum atomic E-state index is -0.353. The van der Waals surface area contributed by atoms with Gasteiger partial charge in [0.1, 0.15) is 0 Å². The van der Waals surface area contributed by atoms with Crippen molar-refractivity contribution in [2.24, 2.45) is 5.92 Å². The second-order valence-corrected chi connectivity index (χ2v) is 6.30. The van der Waals surface area contributed by atoms with E-state index in [2.05, 4.69) is 27.9 Å². The van der Waals surface area contributed by atoms with Crippen LogP contribution in [0.4, 0.5) is 11.4 Å². The van der Waals surface area contributed by atoms with Gasteiger partial charge in [0.05, 0.1) is 4.92 Å². The van der Waals surface area contributed by atoms with Gasteiger partial charge in [0, 0.05) is 27.9 Å². The Balaban J connectivity index is 1.83. The second kappa shape index (κ2) is 7.07. The molecule has 1 aliphatic rings. The quantitative estimate of drug-likeness (QED) is 0.466. The predicted octanol–water partition coefficient (Wildman–Crippen LogP) is 4.58. The summed E-state index contributed by atoms with van der Waals surface area (Å²) in [7, 11) is 0. The van der Waals surface area contributed by atoms with E-state index in [1.807, 2.05) is 0 Å². The molecule has 0 unspecified atom stereocenters. The highest BCUT2D eigenvalue weighted by atomic mass is 127. The van der Waals surface area contributed by atoms with Gasteiger partial charge in [0.25, 0.3) is 5.69 Å². The van der Waals surface area contributed by atoms with Crippen LogP contribution in [0.2, 0.25) is 0 Å². The highest BCUT2D eigenvalue weighted by molar-refractivity contribution is 14.1. The molecule has 19 heavy (non-hydrogen) atoms. The fraction of sp³-hybridized carbons (Fsp3) is 0.571. The van der Waals surface area contributed by atoms with Gasteiger partial charge in [-0.05, 0) is 41.0 Å². The Morgan fingerprint density at radius 1 is 1.32 bits per heavy atom. The van der Waals surface area contributed by atoms with Gasteiger partial charge in [0.2, 0.25) is 0 Å². The minimum Gasteiger partial charge on any atom is -0.384 e. The van der Waals surface area contributed by atoms with Gasteiger partial charge < -0.3 is 5.32 Å². The highest BCUT2D eigenvalue weighted by Gasteiger charge is 2.13. The molecule has 0 heterocycles. The van der Waals surface area contributed by atoms with Crippen molar-refractivity contribution in [3.8, 4) is 0 Å². The van der Waals surface area contributed by atoms with Crippen molar-refractivity contribution in [3.63, 3.8) is 0 Å². The van der Waals surface area contributed by atoms with E-state index >= 15 is 0 Å². The van der Waals surface area contributed by atoms with Crippen molar-refractivity contribution >= 4 is 34.0 Å². The highest BCUT2D eigenvalue weighted by Crippen LogP contribution is 2.27. The summed E-state index contributed by atoms with van der Waals surface area (Å²) < 4.78 is 0.912. The number of nitro benzene ring substituents is 1. The summed E-state index contributed by atoms with van der Waals surface area (Å²) in [5.74, 6) is 0.858. The lowest BCUT2D eigenvalue weighted by Gasteiger charge is -2.21. The Hall–Kier alpha value is -0.850. The number of rotatable bonds is 5. The molecule has 0 saturated heterocycles. The molecule has 2 rings (SSSR count). The van der Waals surface area contributed by atoms with E-state index in [0.29, 0.717) is 0 Å². The zero-order valence-corrected chi connectivity index (χ0v) is 13.1. The largest absolute Gasteiger partial charge is 0.384 e. The van der Waals surface area contributed by atoms with Crippen LogP contribution in [0, 0.1) is 19.6 Å². The summed E-state index contributed by atoms with van der Waals surface area (Å²) in [5, 5.41) is 14.1. The third-order valence-corrected chi connectivity index (χ3v) is 4.65. The third-order valence-electron chi connectivity index (χ3n) is 3.76. The van der Waals surface area contributed by atoms with Gasteiger partial charge in [0.15, 0.2) is 0 Å². The molecule has 1 aromatic carbocycles. The fourth-order valence-electron chi connectivity index (χ4n) is 2.65. The summed E-state index contributed by atoms with van der Waals surface area (Å²) in [6.45, 7) is 0.957. The molecule has 0 amide bonds. The topological polar surface area (TPSA) is 55.2 Å². The van der Waals surface area contributed by atoms with Gasteiger partial charge >= 0.3 is 0 Å². The van der Waals surface area contributed by atoms with E-state index in [4.69, 9.17) is 0 Å². The number of hydrogen-bond donors (Lipinski definition) is 1. The van der Waals surface area contributed by atoms with Crippen LogP contribution in [0.25, 0.3) is 0 Å². The maximum atomic E-state index is 10.7. The van der Waals surface area contributed by atoms with E-state index < -0.39 is 0 Å². The predicted molar refractivity (Wildman–Crippen MR) is 85.5 cm³/mol. The number of non-ortho nitro benzene ring substituents is 1. The molecule has 0 radical (unpaired) electrons. The summed E-state index contributed by atoms with van der Waals surface area (Å²) in [5.41, 5.74) is 1.16. The first-order valence-corrected chi connectivity index (χ1v) is 7.92. The minimum absolute atomic E-state index is 0.155. The van der Waals surface area contributed by atoms with Gasteiger partial charge in [-0.25, -0.2) is 0 Å². The van der Waals surface area contributed by atoms with E-state index in [1.165, 1.54) is 38.5 Å². The standard InChI is InChI=1S/C14H19IN2O2/c15-13-10-12(17(18)19)6-7-14(13)16-9-8-11-4-2-1-3-5-11/h6-7,10-11,16H,1-5,8-9H2. The zero-order chi connectivity index (χ0) is 13.7. The van der Waals surface area contributed by atoms with Gasteiger partial charge in [-0.15, -0.1) is 0 Å². The first-order chi connectivity index (χ1) is 9.16. The molecule has 1 saturated carbocycles. The van der Waals surface area contributed by atoms with E-state index in [1.54, 1.807) is 18.2 Å². The summed E-state index contributed by atoms with van der Waals surface area (Å²) in [4.78, 5) is 10.3. The maximum Gasteiger partial charge on any atom is 0.270 e. The first-order valence-electron chi connectivity index (χ1n) is 6.84. The van der Waals surface area contributed by atoms with Crippen LogP contribution < -0.4 is 5.32 Å². The summed E-state index contributed by atoms with van der Waals surface area (Å²) in [6.07, 6.45) is 8.06. The number of nitrogens with zero attached hydrogens (tertiary/aromatic N) is 1. The zero-order valence-electron chi connectivity index (χ0n) is 10.9. The molecule has 4 nitrogen and oxygen atoms in total. The van der Waals surface area contributed by atoms with Crippen LogP contribution >= 0.6 is 22.6 Å². The monoisotopic (exact) mass is 374 g/mol. The Bertz CT molecular complexity index is 445. The normalized spacial score (nSPS) is 16.3. The average Bonchev–Trinajstić information content (AvgIpc) is 2.41. The Morgan fingerprint density at radius 2 is 2.05 bits per heavy atom. The lowest BCUT2D eigenvalue weighted by atomic mass is 9.87. The first kappa shape index (κ1) is 14.6. The van der Waals surface area contributed by atoms with Crippen LogP contribution in [-0.4, -0.2) is 11.5 Å². The number of halogens is 1. The van der Waals surface area contributed by atoms with Gasteiger partial charge in [-0.3, -0.25) is 10.1 Å². The second-order valence-electron chi connectivity index (χ2n) is 5.14. The molecule has 1 aliphatic carbocycles. The third kappa shape index (κ3) is 4.33. The molecule has 0 spiro atoms. The Morgan fingerprint density at radius 3 is 2.68 bits per heavy atom. The van der Waals surface area contributed by atoms with E-state index in [0.717, 1.165) is 21.7 Å². The number of nitrogens with one attached hydrogen (secondary N) is 1. The lowest BCUT2D eigenvalue weighted by molar-refractivity contribution is -0.384. The molecule has 104 valence electrons. The molecule has 0 atom stereocenters. The van der Waals surface area contributed by atoms with Crippen molar-refractivity contribution in [3.05, 3.63) is 31.9 Å². The van der Waals surface area contributed by atoms with Gasteiger partial charge in [-0.1, -0.05) is 32.1 Å². The SMILES string of the molecule is O=[N+]([O-])c1ccc(NCCC2CCCCC2)c(I)c1. The van der Waals surface area contributed by atoms with Crippen molar-refractivity contribution in [2.75, 3.05) is 11.9 Å². The van der Waals surface area contributed by atoms with E-state index in [9.17, 15) is 10.1 Å². The van der Waals surface area contributed by atoms with Crippen LogP contribution in [0.3, 0.4) is 0 Å². The average molecular weight is 374 g/mol. The number of hydrogen-bond acceptors (Lipinski definition) is 3. The molecule has 1 N–H and O–H groups in total. The molecule has 5 heteroatoms. The summed E-state index contributed by atoms with van der Waals surface area (Å²) >= 11 is 2.15. The molecular formula is C14H19IN2O2. The molecular weight excluding hydrogens is 355 g/mol. The maximum absolute atomic E-state index is 10.7. The Labute approximate surface area is 127 Å². The van der Waals surface area contributed by atoms with Crippen LogP contribution in [0.5, 0.6) is 0 Å². The lowest BCUT2D eigenvalue weighted by Crippen LogP contribution is -2.12. The molecule has 1 aromatic rings. The number of benzene rings is 1. The number of nitro groups is 1. The van der Waals surface area contributed by atoms with Crippen molar-refractivity contribution in [2.45, 2.75) is 38.5 Å². The number of anilines is 1. The Kier molecular flexibility index (Phi) is 5.42. The fourth-order valence-corrected chi connectivity index (χ4v) is 3.34.